The van der Waals surface area contributed by atoms with Gasteiger partial charge in [-0.05, 0) is 42.3 Å². The third-order valence-corrected chi connectivity index (χ3v) is 5.43. The van der Waals surface area contributed by atoms with Crippen molar-refractivity contribution in [1.82, 2.24) is 14.9 Å². The Kier molecular flexibility index (Phi) is 4.35. The van der Waals surface area contributed by atoms with Crippen molar-refractivity contribution < 1.29 is 5.11 Å². The molecule has 27 heavy (non-hydrogen) atoms. The van der Waals surface area contributed by atoms with E-state index < -0.39 is 0 Å². The molecule has 1 aliphatic heterocycles. The number of aromatic amines is 1. The van der Waals surface area contributed by atoms with Crippen LogP contribution >= 0.6 is 0 Å². The predicted molar refractivity (Wildman–Crippen MR) is 112 cm³/mol. The maximum absolute atomic E-state index is 10.8. The molecule has 0 spiro atoms. The number of phenols is 1. The van der Waals surface area contributed by atoms with Gasteiger partial charge in [0.25, 0.3) is 0 Å². The molecule has 2 aromatic carbocycles. The molecule has 0 unspecified atom stereocenters. The highest BCUT2D eigenvalue weighted by Crippen LogP contribution is 2.38. The van der Waals surface area contributed by atoms with Gasteiger partial charge in [0.1, 0.15) is 11.6 Å². The Labute approximate surface area is 160 Å². The molecule has 1 saturated heterocycles. The van der Waals surface area contributed by atoms with Gasteiger partial charge in [-0.1, -0.05) is 32.9 Å². The van der Waals surface area contributed by atoms with Crippen molar-refractivity contribution in [3.05, 3.63) is 42.0 Å². The van der Waals surface area contributed by atoms with Gasteiger partial charge in [-0.2, -0.15) is 0 Å². The lowest BCUT2D eigenvalue weighted by Gasteiger charge is -2.34. The van der Waals surface area contributed by atoms with Crippen molar-refractivity contribution in [3.8, 4) is 17.1 Å². The molecule has 5 nitrogen and oxygen atoms in total. The minimum Gasteiger partial charge on any atom is -0.507 e. The standard InChI is InChI=1S/C22H28N4O/c1-22(2,3)17-7-5-6-16(20(17)27)21-23-18-9-8-15(14-19(18)24-21)26-12-10-25(4)11-13-26/h5-9,14,27H,10-13H2,1-4H3,(H,23,24). The lowest BCUT2D eigenvalue weighted by molar-refractivity contribution is 0.313. The van der Waals surface area contributed by atoms with Crippen LogP contribution in [-0.2, 0) is 5.41 Å². The summed E-state index contributed by atoms with van der Waals surface area (Å²) in [5, 5.41) is 10.8. The molecule has 4 rings (SSSR count). The third-order valence-electron chi connectivity index (χ3n) is 5.43. The first kappa shape index (κ1) is 17.9. The molecule has 1 aromatic heterocycles. The number of aromatic nitrogens is 2. The van der Waals surface area contributed by atoms with Gasteiger partial charge in [-0.15, -0.1) is 0 Å². The van der Waals surface area contributed by atoms with Gasteiger partial charge in [-0.25, -0.2) is 4.98 Å². The van der Waals surface area contributed by atoms with Gasteiger partial charge in [-0.3, -0.25) is 0 Å². The van der Waals surface area contributed by atoms with E-state index in [2.05, 4.69) is 60.8 Å². The second-order valence-corrected chi connectivity index (χ2v) is 8.53. The maximum atomic E-state index is 10.8. The van der Waals surface area contributed by atoms with Crippen molar-refractivity contribution in [2.75, 3.05) is 38.1 Å². The second-order valence-electron chi connectivity index (χ2n) is 8.53. The normalized spacial score (nSPS) is 16.2. The number of rotatable bonds is 2. The van der Waals surface area contributed by atoms with Crippen LogP contribution < -0.4 is 4.90 Å². The van der Waals surface area contributed by atoms with Gasteiger partial charge in [0.2, 0.25) is 0 Å². The number of phenolic OH excluding ortho intramolecular Hbond substituents is 1. The van der Waals surface area contributed by atoms with E-state index in [1.54, 1.807) is 0 Å². The van der Waals surface area contributed by atoms with E-state index in [1.165, 1.54) is 5.69 Å². The van der Waals surface area contributed by atoms with Crippen LogP contribution in [0.3, 0.4) is 0 Å². The summed E-state index contributed by atoms with van der Waals surface area (Å²) in [6.45, 7) is 10.6. The predicted octanol–water partition coefficient (Wildman–Crippen LogP) is 3.98. The first-order valence-electron chi connectivity index (χ1n) is 9.59. The molecule has 0 saturated carbocycles. The highest BCUT2D eigenvalue weighted by Gasteiger charge is 2.22. The maximum Gasteiger partial charge on any atom is 0.142 e. The van der Waals surface area contributed by atoms with E-state index in [1.807, 2.05) is 18.2 Å². The Hall–Kier alpha value is -2.53. The summed E-state index contributed by atoms with van der Waals surface area (Å²) in [7, 11) is 2.17. The zero-order chi connectivity index (χ0) is 19.2. The molecule has 2 N–H and O–H groups in total. The van der Waals surface area contributed by atoms with Crippen LogP contribution in [0.15, 0.2) is 36.4 Å². The summed E-state index contributed by atoms with van der Waals surface area (Å²) in [5.41, 5.74) is 4.70. The molecule has 142 valence electrons. The number of nitrogens with zero attached hydrogens (tertiary/aromatic N) is 3. The lowest BCUT2D eigenvalue weighted by Crippen LogP contribution is -2.44. The number of piperazine rings is 1. The molecular formula is C22H28N4O. The summed E-state index contributed by atoms with van der Waals surface area (Å²) in [6.07, 6.45) is 0. The Morgan fingerprint density at radius 1 is 1.04 bits per heavy atom. The molecule has 0 atom stereocenters. The van der Waals surface area contributed by atoms with Crippen molar-refractivity contribution in [3.63, 3.8) is 0 Å². The van der Waals surface area contributed by atoms with Crippen molar-refractivity contribution in [1.29, 1.82) is 0 Å². The monoisotopic (exact) mass is 364 g/mol. The minimum atomic E-state index is -0.124. The fraction of sp³-hybridized carbons (Fsp3) is 0.409. The molecule has 0 radical (unpaired) electrons. The van der Waals surface area contributed by atoms with E-state index >= 15 is 0 Å². The second kappa shape index (κ2) is 6.57. The first-order valence-corrected chi connectivity index (χ1v) is 9.59. The average Bonchev–Trinajstić information content (AvgIpc) is 3.04. The molecular weight excluding hydrogens is 336 g/mol. The SMILES string of the molecule is CN1CCN(c2ccc3nc(-c4cccc(C(C)(C)C)c4O)[nH]c3c2)CC1. The average molecular weight is 364 g/mol. The van der Waals surface area contributed by atoms with Crippen LogP contribution in [-0.4, -0.2) is 53.2 Å². The molecule has 0 bridgehead atoms. The van der Waals surface area contributed by atoms with Gasteiger partial charge < -0.3 is 19.9 Å². The Morgan fingerprint density at radius 2 is 1.78 bits per heavy atom. The van der Waals surface area contributed by atoms with Gasteiger partial charge >= 0.3 is 0 Å². The van der Waals surface area contributed by atoms with Crippen LogP contribution in [0.2, 0.25) is 0 Å². The molecule has 1 fully saturated rings. The van der Waals surface area contributed by atoms with E-state index in [9.17, 15) is 5.11 Å². The molecule has 0 aliphatic carbocycles. The highest BCUT2D eigenvalue weighted by molar-refractivity contribution is 5.84. The lowest BCUT2D eigenvalue weighted by atomic mass is 9.85. The van der Waals surface area contributed by atoms with Gasteiger partial charge in [0, 0.05) is 31.9 Å². The summed E-state index contributed by atoms with van der Waals surface area (Å²) in [6, 6.07) is 12.3. The largest absolute Gasteiger partial charge is 0.507 e. The van der Waals surface area contributed by atoms with Crippen LogP contribution in [0.4, 0.5) is 5.69 Å². The van der Waals surface area contributed by atoms with E-state index in [0.29, 0.717) is 11.6 Å². The highest BCUT2D eigenvalue weighted by atomic mass is 16.3. The van der Waals surface area contributed by atoms with Crippen molar-refractivity contribution in [2.45, 2.75) is 26.2 Å². The number of hydrogen-bond acceptors (Lipinski definition) is 4. The number of likely N-dealkylation sites (N-methyl/N-ethyl adjacent to an activating group) is 1. The van der Waals surface area contributed by atoms with Gasteiger partial charge in [0.15, 0.2) is 0 Å². The van der Waals surface area contributed by atoms with Crippen LogP contribution in [0.1, 0.15) is 26.3 Å². The number of H-pyrrole nitrogens is 1. The van der Waals surface area contributed by atoms with E-state index in [-0.39, 0.29) is 5.41 Å². The fourth-order valence-corrected chi connectivity index (χ4v) is 3.73. The first-order chi connectivity index (χ1) is 12.8. The Bertz CT molecular complexity index is 962. The summed E-state index contributed by atoms with van der Waals surface area (Å²) < 4.78 is 0. The Morgan fingerprint density at radius 3 is 2.48 bits per heavy atom. The number of aromatic hydroxyl groups is 1. The fourth-order valence-electron chi connectivity index (χ4n) is 3.73. The van der Waals surface area contributed by atoms with Crippen LogP contribution in [0, 0.1) is 0 Å². The summed E-state index contributed by atoms with van der Waals surface area (Å²) in [4.78, 5) is 12.9. The van der Waals surface area contributed by atoms with E-state index in [4.69, 9.17) is 4.98 Å². The summed E-state index contributed by atoms with van der Waals surface area (Å²) in [5.74, 6) is 1.02. The number of fused-ring (bicyclic) bond motifs is 1. The Balaban J connectivity index is 1.70. The summed E-state index contributed by atoms with van der Waals surface area (Å²) >= 11 is 0. The topological polar surface area (TPSA) is 55.4 Å². The minimum absolute atomic E-state index is 0.124. The number of nitrogens with one attached hydrogen (secondary N) is 1. The molecule has 0 amide bonds. The van der Waals surface area contributed by atoms with Crippen molar-refractivity contribution in [2.24, 2.45) is 0 Å². The molecule has 5 heteroatoms. The molecule has 3 aromatic rings. The van der Waals surface area contributed by atoms with Gasteiger partial charge in [0.05, 0.1) is 16.6 Å². The third kappa shape index (κ3) is 3.39. The quantitative estimate of drug-likeness (QED) is 0.722. The molecule has 1 aliphatic rings. The van der Waals surface area contributed by atoms with Crippen LogP contribution in [0.5, 0.6) is 5.75 Å². The zero-order valence-electron chi connectivity index (χ0n) is 16.6. The number of para-hydroxylation sites is 1. The number of benzene rings is 2. The zero-order valence-corrected chi connectivity index (χ0v) is 16.6. The number of anilines is 1. The smallest absolute Gasteiger partial charge is 0.142 e. The van der Waals surface area contributed by atoms with Crippen LogP contribution in [0.25, 0.3) is 22.4 Å². The van der Waals surface area contributed by atoms with Crippen molar-refractivity contribution >= 4 is 16.7 Å². The number of hydrogen-bond donors (Lipinski definition) is 2. The number of imidazole rings is 1. The molecule has 2 heterocycles. The van der Waals surface area contributed by atoms with E-state index in [0.717, 1.165) is 48.3 Å².